The Morgan fingerprint density at radius 1 is 0.500 bits per heavy atom. The van der Waals surface area contributed by atoms with E-state index < -0.39 is 0 Å². The lowest BCUT2D eigenvalue weighted by atomic mass is 10.3. The highest BCUT2D eigenvalue weighted by atomic mass is 28.3. The predicted molar refractivity (Wildman–Crippen MR) is 78.8 cm³/mol. The minimum Gasteiger partial charge on any atom is -0.0654 e. The fourth-order valence-electron chi connectivity index (χ4n) is 2.25. The maximum atomic E-state index is 2.32. The molecule has 0 heterocycles. The van der Waals surface area contributed by atoms with E-state index in [-0.39, 0.29) is 8.80 Å². The minimum absolute atomic E-state index is 0.0380. The molecule has 0 atom stereocenters. The Morgan fingerprint density at radius 3 is 1.06 bits per heavy atom. The van der Waals surface area contributed by atoms with Gasteiger partial charge < -0.3 is 0 Å². The third-order valence-corrected chi connectivity index (χ3v) is 6.58. The average Bonchev–Trinajstić information content (AvgIpc) is 2.29. The molecule has 0 fully saturated rings. The lowest BCUT2D eigenvalue weighted by Gasteiger charge is -2.14. The normalized spacial score (nSPS) is 11.2. The van der Waals surface area contributed by atoms with E-state index in [4.69, 9.17) is 0 Å². The molecule has 0 aromatic rings. The molecule has 97 valence electrons. The second-order valence-corrected chi connectivity index (χ2v) is 8.12. The Kier molecular flexibility index (Phi) is 13.5. The number of unbranched alkanes of at least 4 members (excludes halogenated alkanes) is 6. The van der Waals surface area contributed by atoms with Crippen LogP contribution in [0, 0.1) is 0 Å². The van der Waals surface area contributed by atoms with Crippen molar-refractivity contribution >= 4 is 8.80 Å². The van der Waals surface area contributed by atoms with Crippen LogP contribution in [0.25, 0.3) is 0 Å². The molecule has 0 saturated heterocycles. The van der Waals surface area contributed by atoms with Gasteiger partial charge in [-0.3, -0.25) is 0 Å². The Hall–Kier alpha value is 0.217. The maximum absolute atomic E-state index is 2.32. The summed E-state index contributed by atoms with van der Waals surface area (Å²) in [4.78, 5) is 0. The molecule has 0 unspecified atom stereocenters. The van der Waals surface area contributed by atoms with Crippen LogP contribution in [0.15, 0.2) is 0 Å². The van der Waals surface area contributed by atoms with Gasteiger partial charge in [0.2, 0.25) is 0 Å². The van der Waals surface area contributed by atoms with Crippen molar-refractivity contribution in [1.82, 2.24) is 0 Å². The fourth-order valence-corrected chi connectivity index (χ4v) is 5.25. The molecule has 0 rings (SSSR count). The van der Waals surface area contributed by atoms with Gasteiger partial charge in [0.25, 0.3) is 0 Å². The van der Waals surface area contributed by atoms with E-state index in [1.165, 1.54) is 57.8 Å². The Balaban J connectivity index is 3.58. The zero-order valence-electron chi connectivity index (χ0n) is 12.0. The molecule has 1 heteroatoms. The van der Waals surface area contributed by atoms with E-state index in [1.54, 1.807) is 18.1 Å². The topological polar surface area (TPSA) is 0 Å². The Labute approximate surface area is 106 Å². The summed E-state index contributed by atoms with van der Waals surface area (Å²) in [6.45, 7) is 6.96. The van der Waals surface area contributed by atoms with E-state index in [9.17, 15) is 0 Å². The van der Waals surface area contributed by atoms with Gasteiger partial charge in [-0.2, -0.15) is 0 Å². The summed E-state index contributed by atoms with van der Waals surface area (Å²) in [5, 5.41) is 0. The first-order valence-electron chi connectivity index (χ1n) is 7.68. The summed E-state index contributed by atoms with van der Waals surface area (Å²) in [5.74, 6) is 0. The molecule has 0 amide bonds. The first-order valence-corrected chi connectivity index (χ1v) is 9.80. The summed E-state index contributed by atoms with van der Waals surface area (Å²) in [6.07, 6.45) is 13.1. The molecular weight excluding hydrogens is 208 g/mol. The van der Waals surface area contributed by atoms with Crippen molar-refractivity contribution in [2.45, 2.75) is 96.7 Å². The SMILES string of the molecule is CCCCC[Si](CCCCC)CCCCC. The fraction of sp³-hybridized carbons (Fsp3) is 1.00. The lowest BCUT2D eigenvalue weighted by molar-refractivity contribution is 0.726. The van der Waals surface area contributed by atoms with Crippen LogP contribution in [0.5, 0.6) is 0 Å². The van der Waals surface area contributed by atoms with Crippen LogP contribution in [0.2, 0.25) is 18.1 Å². The van der Waals surface area contributed by atoms with E-state index in [2.05, 4.69) is 20.8 Å². The molecule has 0 N–H and O–H groups in total. The first-order chi connectivity index (χ1) is 7.85. The Bertz CT molecular complexity index is 98.8. The minimum atomic E-state index is 0.0380. The summed E-state index contributed by atoms with van der Waals surface area (Å²) in [7, 11) is 0.0380. The first kappa shape index (κ1) is 16.2. The van der Waals surface area contributed by atoms with Crippen molar-refractivity contribution in [3.05, 3.63) is 0 Å². The number of hydrogen-bond acceptors (Lipinski definition) is 0. The molecule has 0 spiro atoms. The standard InChI is InChI=1S/C15H33Si/c1-4-7-10-13-16(14-11-8-5-2)15-12-9-6-3/h4-15H2,1-3H3. The van der Waals surface area contributed by atoms with Crippen molar-refractivity contribution in [2.75, 3.05) is 0 Å². The highest BCUT2D eigenvalue weighted by molar-refractivity contribution is 6.58. The van der Waals surface area contributed by atoms with Gasteiger partial charge in [0.1, 0.15) is 0 Å². The van der Waals surface area contributed by atoms with Gasteiger partial charge in [0, 0.05) is 8.80 Å². The molecule has 0 aliphatic rings. The molecule has 0 nitrogen and oxygen atoms in total. The Morgan fingerprint density at radius 2 is 0.812 bits per heavy atom. The van der Waals surface area contributed by atoms with E-state index >= 15 is 0 Å². The van der Waals surface area contributed by atoms with Gasteiger partial charge in [-0.15, -0.1) is 0 Å². The van der Waals surface area contributed by atoms with Crippen LogP contribution >= 0.6 is 0 Å². The maximum Gasteiger partial charge on any atom is 0.0479 e. The zero-order chi connectivity index (χ0) is 12.1. The summed E-state index contributed by atoms with van der Waals surface area (Å²) >= 11 is 0. The van der Waals surface area contributed by atoms with Gasteiger partial charge in [0.15, 0.2) is 0 Å². The van der Waals surface area contributed by atoms with Crippen LogP contribution in [0.3, 0.4) is 0 Å². The zero-order valence-corrected chi connectivity index (χ0v) is 13.0. The van der Waals surface area contributed by atoms with Gasteiger partial charge in [-0.25, -0.2) is 0 Å². The molecule has 0 aliphatic heterocycles. The largest absolute Gasteiger partial charge is 0.0654 e. The second kappa shape index (κ2) is 13.3. The summed E-state index contributed by atoms with van der Waals surface area (Å²) in [6, 6.07) is 4.81. The molecule has 0 saturated carbocycles. The van der Waals surface area contributed by atoms with Crippen LogP contribution in [0.1, 0.15) is 78.6 Å². The molecule has 0 aromatic heterocycles. The van der Waals surface area contributed by atoms with Gasteiger partial charge in [-0.1, -0.05) is 96.7 Å². The van der Waals surface area contributed by atoms with Gasteiger partial charge >= 0.3 is 0 Å². The van der Waals surface area contributed by atoms with Crippen LogP contribution < -0.4 is 0 Å². The van der Waals surface area contributed by atoms with Crippen molar-refractivity contribution in [3.63, 3.8) is 0 Å². The number of rotatable bonds is 12. The van der Waals surface area contributed by atoms with Crippen molar-refractivity contribution in [2.24, 2.45) is 0 Å². The summed E-state index contributed by atoms with van der Waals surface area (Å²) in [5.41, 5.74) is 0. The average molecular weight is 242 g/mol. The van der Waals surface area contributed by atoms with Crippen molar-refractivity contribution in [3.8, 4) is 0 Å². The number of hydrogen-bond donors (Lipinski definition) is 0. The highest BCUT2D eigenvalue weighted by Crippen LogP contribution is 2.18. The molecular formula is C15H33Si. The lowest BCUT2D eigenvalue weighted by Crippen LogP contribution is -2.11. The van der Waals surface area contributed by atoms with E-state index in [0.717, 1.165) is 0 Å². The third-order valence-electron chi connectivity index (χ3n) is 3.40. The van der Waals surface area contributed by atoms with Crippen molar-refractivity contribution in [1.29, 1.82) is 0 Å². The molecule has 0 aromatic carbocycles. The van der Waals surface area contributed by atoms with Crippen LogP contribution in [-0.4, -0.2) is 8.80 Å². The second-order valence-electron chi connectivity index (χ2n) is 5.12. The van der Waals surface area contributed by atoms with Crippen LogP contribution in [-0.2, 0) is 0 Å². The van der Waals surface area contributed by atoms with E-state index in [1.807, 2.05) is 0 Å². The molecule has 0 aliphatic carbocycles. The predicted octanol–water partition coefficient (Wildman–Crippen LogP) is 6.05. The summed E-state index contributed by atoms with van der Waals surface area (Å²) < 4.78 is 0. The monoisotopic (exact) mass is 241 g/mol. The smallest absolute Gasteiger partial charge is 0.0479 e. The van der Waals surface area contributed by atoms with Gasteiger partial charge in [0.05, 0.1) is 0 Å². The third kappa shape index (κ3) is 10.7. The molecule has 1 radical (unpaired) electrons. The molecule has 0 bridgehead atoms. The van der Waals surface area contributed by atoms with Crippen molar-refractivity contribution < 1.29 is 0 Å². The van der Waals surface area contributed by atoms with Crippen LogP contribution in [0.4, 0.5) is 0 Å². The highest BCUT2D eigenvalue weighted by Gasteiger charge is 2.09. The van der Waals surface area contributed by atoms with E-state index in [0.29, 0.717) is 0 Å². The van der Waals surface area contributed by atoms with Gasteiger partial charge in [-0.05, 0) is 0 Å². The quantitative estimate of drug-likeness (QED) is 0.288. The molecule has 16 heavy (non-hydrogen) atoms.